The summed E-state index contributed by atoms with van der Waals surface area (Å²) in [5.41, 5.74) is 13.5. The van der Waals surface area contributed by atoms with Crippen molar-refractivity contribution < 1.29 is 0 Å². The Bertz CT molecular complexity index is 1940. The molecular formula is C38H26N2. The Kier molecular flexibility index (Phi) is 5.24. The van der Waals surface area contributed by atoms with Gasteiger partial charge in [0.15, 0.2) is 0 Å². The molecule has 0 N–H and O–H groups in total. The summed E-state index contributed by atoms with van der Waals surface area (Å²) in [5.74, 6) is 1.22. The van der Waals surface area contributed by atoms with E-state index in [9.17, 15) is 0 Å². The zero-order chi connectivity index (χ0) is 26.5. The van der Waals surface area contributed by atoms with Crippen molar-refractivity contribution in [1.82, 2.24) is 9.55 Å². The second kappa shape index (κ2) is 9.21. The van der Waals surface area contributed by atoms with Gasteiger partial charge in [0.25, 0.3) is 0 Å². The molecule has 1 aromatic heterocycles. The van der Waals surface area contributed by atoms with E-state index in [1.807, 2.05) is 12.1 Å². The smallest absolute Gasteiger partial charge is 0.145 e. The second-order valence-electron chi connectivity index (χ2n) is 10.4. The van der Waals surface area contributed by atoms with E-state index in [4.69, 9.17) is 4.98 Å². The Hall–Kier alpha value is -5.21. The number of para-hydroxylation sites is 3. The largest absolute Gasteiger partial charge is 0.292 e. The van der Waals surface area contributed by atoms with Crippen molar-refractivity contribution in [2.24, 2.45) is 0 Å². The van der Waals surface area contributed by atoms with Gasteiger partial charge in [-0.05, 0) is 63.2 Å². The van der Waals surface area contributed by atoms with Crippen LogP contribution in [0.5, 0.6) is 0 Å². The van der Waals surface area contributed by atoms with E-state index in [-0.39, 0.29) is 5.92 Å². The molecule has 40 heavy (non-hydrogen) atoms. The fraction of sp³-hybridized carbons (Fsp3) is 0.0263. The highest BCUT2D eigenvalue weighted by Gasteiger charge is 2.29. The standard InChI is InChI=1S/C38H26N2/c1-2-10-30(11-3-1)40-36-17-9-8-16-35(36)39-38(40)29-24-20-27(21-25-29)26-18-22-28(23-19-26)37-33-14-6-4-12-31(33)32-13-5-7-15-34(32)37/h1-25,37H. The van der Waals surface area contributed by atoms with E-state index in [0.29, 0.717) is 0 Å². The topological polar surface area (TPSA) is 17.8 Å². The lowest BCUT2D eigenvalue weighted by molar-refractivity contribution is 1.02. The van der Waals surface area contributed by atoms with Gasteiger partial charge in [-0.1, -0.05) is 127 Å². The number of hydrogen-bond donors (Lipinski definition) is 0. The Balaban J connectivity index is 1.14. The zero-order valence-electron chi connectivity index (χ0n) is 21.9. The van der Waals surface area contributed by atoms with Gasteiger partial charge in [0, 0.05) is 17.2 Å². The summed E-state index contributed by atoms with van der Waals surface area (Å²) in [7, 11) is 0. The number of fused-ring (bicyclic) bond motifs is 4. The molecule has 0 saturated carbocycles. The van der Waals surface area contributed by atoms with Crippen LogP contribution >= 0.6 is 0 Å². The molecule has 0 amide bonds. The van der Waals surface area contributed by atoms with Crippen molar-refractivity contribution in [3.05, 3.63) is 168 Å². The normalized spacial score (nSPS) is 12.4. The summed E-state index contributed by atoms with van der Waals surface area (Å²) < 4.78 is 2.25. The number of rotatable bonds is 4. The molecule has 1 aliphatic rings. The Morgan fingerprint density at radius 1 is 0.450 bits per heavy atom. The van der Waals surface area contributed by atoms with E-state index >= 15 is 0 Å². The molecule has 0 radical (unpaired) electrons. The first kappa shape index (κ1) is 22.7. The molecule has 0 bridgehead atoms. The third-order valence-corrected chi connectivity index (χ3v) is 8.13. The quantitative estimate of drug-likeness (QED) is 0.230. The Labute approximate surface area is 233 Å². The van der Waals surface area contributed by atoms with E-state index in [1.54, 1.807) is 0 Å². The molecule has 1 aliphatic carbocycles. The van der Waals surface area contributed by atoms with Crippen LogP contribution in [-0.4, -0.2) is 9.55 Å². The van der Waals surface area contributed by atoms with Crippen LogP contribution in [0.4, 0.5) is 0 Å². The van der Waals surface area contributed by atoms with Crippen molar-refractivity contribution in [3.8, 4) is 39.3 Å². The first-order valence-corrected chi connectivity index (χ1v) is 13.8. The van der Waals surface area contributed by atoms with E-state index in [0.717, 1.165) is 28.1 Å². The minimum atomic E-state index is 0.273. The number of nitrogens with zero attached hydrogens (tertiary/aromatic N) is 2. The van der Waals surface area contributed by atoms with Crippen LogP contribution in [0.25, 0.3) is 50.4 Å². The van der Waals surface area contributed by atoms with Crippen molar-refractivity contribution in [1.29, 1.82) is 0 Å². The molecular weight excluding hydrogens is 484 g/mol. The van der Waals surface area contributed by atoms with Crippen molar-refractivity contribution in [3.63, 3.8) is 0 Å². The predicted molar refractivity (Wildman–Crippen MR) is 165 cm³/mol. The molecule has 8 rings (SSSR count). The van der Waals surface area contributed by atoms with Gasteiger partial charge in [-0.2, -0.15) is 0 Å². The summed E-state index contributed by atoms with van der Waals surface area (Å²) in [5, 5.41) is 0. The van der Waals surface area contributed by atoms with Crippen LogP contribution in [0, 0.1) is 0 Å². The lowest BCUT2D eigenvalue weighted by Gasteiger charge is -2.15. The zero-order valence-corrected chi connectivity index (χ0v) is 21.9. The monoisotopic (exact) mass is 510 g/mol. The molecule has 0 atom stereocenters. The number of benzene rings is 6. The van der Waals surface area contributed by atoms with Crippen molar-refractivity contribution >= 4 is 11.0 Å². The van der Waals surface area contributed by atoms with Gasteiger partial charge in [-0.15, -0.1) is 0 Å². The van der Waals surface area contributed by atoms with E-state index in [1.165, 1.54) is 38.9 Å². The maximum absolute atomic E-state index is 5.02. The van der Waals surface area contributed by atoms with Crippen LogP contribution in [0.2, 0.25) is 0 Å². The first-order chi connectivity index (χ1) is 19.8. The lowest BCUT2D eigenvalue weighted by Crippen LogP contribution is -1.99. The Morgan fingerprint density at radius 3 is 1.65 bits per heavy atom. The summed E-state index contributed by atoms with van der Waals surface area (Å²) in [4.78, 5) is 5.02. The van der Waals surface area contributed by atoms with Crippen molar-refractivity contribution in [2.45, 2.75) is 5.92 Å². The maximum atomic E-state index is 5.02. The number of hydrogen-bond acceptors (Lipinski definition) is 1. The molecule has 188 valence electrons. The van der Waals surface area contributed by atoms with Crippen LogP contribution in [0.1, 0.15) is 22.6 Å². The molecule has 6 aromatic carbocycles. The van der Waals surface area contributed by atoms with E-state index < -0.39 is 0 Å². The molecule has 0 unspecified atom stereocenters. The third kappa shape index (κ3) is 3.61. The summed E-state index contributed by atoms with van der Waals surface area (Å²) in [6.45, 7) is 0. The molecule has 0 fully saturated rings. The van der Waals surface area contributed by atoms with Gasteiger partial charge in [-0.25, -0.2) is 4.98 Å². The highest BCUT2D eigenvalue weighted by molar-refractivity contribution is 5.84. The molecule has 2 heteroatoms. The molecule has 0 spiro atoms. The van der Waals surface area contributed by atoms with Crippen molar-refractivity contribution in [2.75, 3.05) is 0 Å². The average Bonchev–Trinajstić information content (AvgIpc) is 3.58. The molecule has 0 aliphatic heterocycles. The van der Waals surface area contributed by atoms with Gasteiger partial charge >= 0.3 is 0 Å². The first-order valence-electron chi connectivity index (χ1n) is 13.8. The minimum absolute atomic E-state index is 0.273. The average molecular weight is 511 g/mol. The van der Waals surface area contributed by atoms with Crippen LogP contribution < -0.4 is 0 Å². The molecule has 1 heterocycles. The third-order valence-electron chi connectivity index (χ3n) is 8.13. The fourth-order valence-corrected chi connectivity index (χ4v) is 6.25. The van der Waals surface area contributed by atoms with Crippen LogP contribution in [-0.2, 0) is 0 Å². The van der Waals surface area contributed by atoms with E-state index in [2.05, 4.69) is 144 Å². The maximum Gasteiger partial charge on any atom is 0.145 e. The second-order valence-corrected chi connectivity index (χ2v) is 10.4. The van der Waals surface area contributed by atoms with Gasteiger partial charge in [0.05, 0.1) is 11.0 Å². The minimum Gasteiger partial charge on any atom is -0.292 e. The summed E-state index contributed by atoms with van der Waals surface area (Å²) >= 11 is 0. The molecule has 2 nitrogen and oxygen atoms in total. The Morgan fingerprint density at radius 2 is 0.975 bits per heavy atom. The molecule has 0 saturated heterocycles. The molecule has 7 aromatic rings. The number of aromatic nitrogens is 2. The van der Waals surface area contributed by atoms with Crippen LogP contribution in [0.3, 0.4) is 0 Å². The lowest BCUT2D eigenvalue weighted by atomic mass is 9.88. The highest BCUT2D eigenvalue weighted by Crippen LogP contribution is 2.47. The predicted octanol–water partition coefficient (Wildman–Crippen LogP) is 9.52. The van der Waals surface area contributed by atoms with Crippen LogP contribution in [0.15, 0.2) is 152 Å². The van der Waals surface area contributed by atoms with Gasteiger partial charge < -0.3 is 0 Å². The fourth-order valence-electron chi connectivity index (χ4n) is 6.25. The van der Waals surface area contributed by atoms with Gasteiger partial charge in [-0.3, -0.25) is 4.57 Å². The SMILES string of the molecule is c1ccc(-n2c(-c3ccc(-c4ccc(C5c6ccccc6-c6ccccc65)cc4)cc3)nc3ccccc32)cc1. The highest BCUT2D eigenvalue weighted by atomic mass is 15.1. The van der Waals surface area contributed by atoms with Gasteiger partial charge in [0.2, 0.25) is 0 Å². The number of imidazole rings is 1. The van der Waals surface area contributed by atoms with Gasteiger partial charge in [0.1, 0.15) is 5.82 Å². The summed E-state index contributed by atoms with van der Waals surface area (Å²) in [6, 6.07) is 54.3. The summed E-state index contributed by atoms with van der Waals surface area (Å²) in [6.07, 6.45) is 0.